The number of nitrogens with zero attached hydrogens (tertiary/aromatic N) is 1. The number of hydrogen-bond acceptors (Lipinski definition) is 4. The van der Waals surface area contributed by atoms with Crippen molar-refractivity contribution in [1.82, 2.24) is 10.2 Å². The molecule has 0 bridgehead atoms. The Balaban J connectivity index is 1.84. The van der Waals surface area contributed by atoms with Gasteiger partial charge in [-0.3, -0.25) is 9.69 Å². The van der Waals surface area contributed by atoms with Crippen LogP contribution in [-0.2, 0) is 11.4 Å². The number of thiocarbonyl (C=S) groups is 1. The summed E-state index contributed by atoms with van der Waals surface area (Å²) >= 11 is 11.4. The Kier molecular flexibility index (Phi) is 6.45. The Morgan fingerprint density at radius 2 is 1.90 bits per heavy atom. The minimum absolute atomic E-state index is 0.127. The molecular formula is C22H23ClN2O3S. The zero-order chi connectivity index (χ0) is 21.1. The molecule has 1 heterocycles. The summed E-state index contributed by atoms with van der Waals surface area (Å²) in [5, 5.41) is 4.14. The van der Waals surface area contributed by atoms with Crippen LogP contribution in [0.3, 0.4) is 0 Å². The summed E-state index contributed by atoms with van der Waals surface area (Å²) in [6, 6.07) is 9.51. The van der Waals surface area contributed by atoms with Gasteiger partial charge in [-0.25, -0.2) is 0 Å². The maximum atomic E-state index is 12.4. The molecule has 3 rings (SSSR count). The van der Waals surface area contributed by atoms with Crippen molar-refractivity contribution in [2.45, 2.75) is 27.4 Å². The molecular weight excluding hydrogens is 408 g/mol. The topological polar surface area (TPSA) is 50.8 Å². The normalized spacial score (nSPS) is 15.1. The third-order valence-corrected chi connectivity index (χ3v) is 5.62. The Hall–Kier alpha value is -2.57. The van der Waals surface area contributed by atoms with E-state index in [1.54, 1.807) is 13.2 Å². The number of nitrogens with one attached hydrogen (secondary N) is 1. The van der Waals surface area contributed by atoms with E-state index in [1.165, 1.54) is 4.90 Å². The van der Waals surface area contributed by atoms with E-state index in [0.717, 1.165) is 33.0 Å². The number of likely N-dealkylation sites (N-methyl/N-ethyl adjacent to an activating group) is 1. The molecule has 29 heavy (non-hydrogen) atoms. The zero-order valence-corrected chi connectivity index (χ0v) is 18.4. The van der Waals surface area contributed by atoms with Crippen molar-refractivity contribution in [1.29, 1.82) is 0 Å². The number of benzene rings is 2. The molecule has 0 radical (unpaired) electrons. The maximum absolute atomic E-state index is 12.4. The first kappa shape index (κ1) is 21.1. The van der Waals surface area contributed by atoms with Crippen molar-refractivity contribution in [2.24, 2.45) is 0 Å². The standard InChI is InChI=1S/C22H23ClN2O3S/c1-5-25-21(26)18(24-22(25)29)11-15-6-7-19(27-4)16(10-15)12-28-17-8-13(2)20(23)14(3)9-17/h6-11H,5,12H2,1-4H3,(H,24,29)/b18-11+. The second-order valence-electron chi connectivity index (χ2n) is 6.77. The fraction of sp³-hybridized carbons (Fsp3) is 0.273. The number of amides is 1. The van der Waals surface area contributed by atoms with Gasteiger partial charge in [-0.05, 0) is 80.0 Å². The molecule has 1 N–H and O–H groups in total. The van der Waals surface area contributed by atoms with Gasteiger partial charge in [0.1, 0.15) is 23.8 Å². The van der Waals surface area contributed by atoms with E-state index in [-0.39, 0.29) is 5.91 Å². The molecule has 0 saturated carbocycles. The third kappa shape index (κ3) is 4.54. The maximum Gasteiger partial charge on any atom is 0.276 e. The van der Waals surface area contributed by atoms with Gasteiger partial charge in [0.15, 0.2) is 5.11 Å². The molecule has 2 aromatic carbocycles. The number of methoxy groups -OCH3 is 1. The van der Waals surface area contributed by atoms with Gasteiger partial charge in [0.05, 0.1) is 7.11 Å². The van der Waals surface area contributed by atoms with Crippen LogP contribution in [0.5, 0.6) is 11.5 Å². The quantitative estimate of drug-likeness (QED) is 0.535. The monoisotopic (exact) mass is 430 g/mol. The van der Waals surface area contributed by atoms with E-state index in [0.29, 0.717) is 29.7 Å². The van der Waals surface area contributed by atoms with Gasteiger partial charge in [-0.1, -0.05) is 17.7 Å². The second kappa shape index (κ2) is 8.84. The van der Waals surface area contributed by atoms with Gasteiger partial charge in [-0.15, -0.1) is 0 Å². The number of hydrogen-bond donors (Lipinski definition) is 1. The van der Waals surface area contributed by atoms with Crippen LogP contribution < -0.4 is 14.8 Å². The van der Waals surface area contributed by atoms with Crippen LogP contribution in [0.2, 0.25) is 5.02 Å². The summed E-state index contributed by atoms with van der Waals surface area (Å²) in [7, 11) is 1.62. The first-order valence-electron chi connectivity index (χ1n) is 9.25. The van der Waals surface area contributed by atoms with E-state index >= 15 is 0 Å². The highest BCUT2D eigenvalue weighted by atomic mass is 35.5. The van der Waals surface area contributed by atoms with Crippen LogP contribution in [0.25, 0.3) is 6.08 Å². The molecule has 0 aliphatic carbocycles. The average Bonchev–Trinajstić information content (AvgIpc) is 2.96. The minimum atomic E-state index is -0.127. The number of halogens is 1. The van der Waals surface area contributed by atoms with Crippen molar-refractivity contribution >= 4 is 40.9 Å². The highest BCUT2D eigenvalue weighted by Gasteiger charge is 2.29. The van der Waals surface area contributed by atoms with Gasteiger partial charge in [0.2, 0.25) is 0 Å². The van der Waals surface area contributed by atoms with Crippen molar-refractivity contribution in [2.75, 3.05) is 13.7 Å². The SMILES string of the molecule is CCN1C(=O)/C(=C\c2ccc(OC)c(COc3cc(C)c(Cl)c(C)c3)c2)NC1=S. The molecule has 1 saturated heterocycles. The van der Waals surface area contributed by atoms with Crippen LogP contribution in [0.4, 0.5) is 0 Å². The summed E-state index contributed by atoms with van der Waals surface area (Å²) in [6.45, 7) is 6.64. The predicted octanol–water partition coefficient (Wildman–Crippen LogP) is 4.62. The van der Waals surface area contributed by atoms with Gasteiger partial charge >= 0.3 is 0 Å². The minimum Gasteiger partial charge on any atom is -0.496 e. The molecule has 7 heteroatoms. The van der Waals surface area contributed by atoms with Gasteiger partial charge in [0.25, 0.3) is 5.91 Å². The van der Waals surface area contributed by atoms with Crippen molar-refractivity contribution in [3.63, 3.8) is 0 Å². The van der Waals surface area contributed by atoms with Crippen molar-refractivity contribution in [3.8, 4) is 11.5 Å². The summed E-state index contributed by atoms with van der Waals surface area (Å²) in [5.74, 6) is 1.33. The molecule has 0 unspecified atom stereocenters. The average molecular weight is 431 g/mol. The van der Waals surface area contributed by atoms with Crippen LogP contribution in [0.1, 0.15) is 29.2 Å². The Morgan fingerprint density at radius 1 is 1.21 bits per heavy atom. The summed E-state index contributed by atoms with van der Waals surface area (Å²) in [6.07, 6.45) is 1.78. The lowest BCUT2D eigenvalue weighted by Gasteiger charge is -2.13. The van der Waals surface area contributed by atoms with E-state index in [4.69, 9.17) is 33.3 Å². The molecule has 1 fully saturated rings. The summed E-state index contributed by atoms with van der Waals surface area (Å²) in [5.41, 5.74) is 4.11. The zero-order valence-electron chi connectivity index (χ0n) is 16.8. The van der Waals surface area contributed by atoms with Gasteiger partial charge < -0.3 is 14.8 Å². The van der Waals surface area contributed by atoms with E-state index in [2.05, 4.69) is 5.32 Å². The molecule has 1 aliphatic heterocycles. The van der Waals surface area contributed by atoms with Crippen molar-refractivity contribution < 1.29 is 14.3 Å². The Labute approximate surface area is 181 Å². The largest absolute Gasteiger partial charge is 0.496 e. The molecule has 0 aromatic heterocycles. The number of ether oxygens (including phenoxy) is 2. The van der Waals surface area contributed by atoms with Gasteiger partial charge in [-0.2, -0.15) is 0 Å². The van der Waals surface area contributed by atoms with Crippen LogP contribution >= 0.6 is 23.8 Å². The highest BCUT2D eigenvalue weighted by Crippen LogP contribution is 2.28. The lowest BCUT2D eigenvalue weighted by molar-refractivity contribution is -0.122. The summed E-state index contributed by atoms with van der Waals surface area (Å²) < 4.78 is 11.4. The Bertz CT molecular complexity index is 981. The molecule has 0 atom stereocenters. The second-order valence-corrected chi connectivity index (χ2v) is 7.53. The fourth-order valence-electron chi connectivity index (χ4n) is 3.18. The lowest BCUT2D eigenvalue weighted by atomic mass is 10.1. The Morgan fingerprint density at radius 3 is 2.48 bits per heavy atom. The highest BCUT2D eigenvalue weighted by molar-refractivity contribution is 7.80. The molecule has 0 spiro atoms. The number of carbonyl (C=O) groups is 1. The molecule has 1 amide bonds. The smallest absolute Gasteiger partial charge is 0.276 e. The first-order chi connectivity index (χ1) is 13.8. The predicted molar refractivity (Wildman–Crippen MR) is 119 cm³/mol. The third-order valence-electron chi connectivity index (χ3n) is 4.70. The van der Waals surface area contributed by atoms with Crippen LogP contribution in [0.15, 0.2) is 36.0 Å². The molecule has 5 nitrogen and oxygen atoms in total. The van der Waals surface area contributed by atoms with E-state index in [9.17, 15) is 4.79 Å². The lowest BCUT2D eigenvalue weighted by Crippen LogP contribution is -2.30. The van der Waals surface area contributed by atoms with E-state index in [1.807, 2.05) is 51.1 Å². The summed E-state index contributed by atoms with van der Waals surface area (Å²) in [4.78, 5) is 13.9. The molecule has 1 aliphatic rings. The number of aryl methyl sites for hydroxylation is 2. The van der Waals surface area contributed by atoms with E-state index < -0.39 is 0 Å². The fourth-order valence-corrected chi connectivity index (χ4v) is 3.61. The van der Waals surface area contributed by atoms with Crippen LogP contribution in [0, 0.1) is 13.8 Å². The van der Waals surface area contributed by atoms with Gasteiger partial charge in [0, 0.05) is 17.1 Å². The van der Waals surface area contributed by atoms with Crippen molar-refractivity contribution in [3.05, 3.63) is 63.3 Å². The first-order valence-corrected chi connectivity index (χ1v) is 10.0. The molecule has 152 valence electrons. The number of carbonyl (C=O) groups excluding carboxylic acids is 1. The van der Waals surface area contributed by atoms with Crippen LogP contribution in [-0.4, -0.2) is 29.6 Å². The number of rotatable bonds is 6. The molecule has 2 aromatic rings.